The second-order valence-corrected chi connectivity index (χ2v) is 9.88. The summed E-state index contributed by atoms with van der Waals surface area (Å²) in [7, 11) is 0. The third-order valence-electron chi connectivity index (χ3n) is 7.50. The molecule has 6 rings (SSSR count). The lowest BCUT2D eigenvalue weighted by atomic mass is 9.75. The van der Waals surface area contributed by atoms with Crippen molar-refractivity contribution in [2.45, 2.75) is 25.8 Å². The standard InChI is InChI=1S/C32H30N2O2/c35-24-11-8-21(9-12-24)18-33-19-22-16-30-28-13-10-23-4-1-2-6-26(23)27(28)14-15-29(30)31(17-22)32-7-3-5-25(36)20-34-32/h1-9,11-12,14-15,17,22,33-35H,10,13,16,18-20H2. The Morgan fingerprint density at radius 3 is 2.64 bits per heavy atom. The van der Waals surface area contributed by atoms with E-state index in [4.69, 9.17) is 0 Å². The van der Waals surface area contributed by atoms with Crippen LogP contribution in [0.3, 0.4) is 0 Å². The summed E-state index contributed by atoms with van der Waals surface area (Å²) < 4.78 is 0. The number of ketones is 1. The van der Waals surface area contributed by atoms with Gasteiger partial charge in [-0.25, -0.2) is 0 Å². The predicted molar refractivity (Wildman–Crippen MR) is 145 cm³/mol. The molecular formula is C32H30N2O2. The number of aryl methyl sites for hydroxylation is 1. The van der Waals surface area contributed by atoms with Crippen LogP contribution in [0.1, 0.15) is 27.8 Å². The van der Waals surface area contributed by atoms with Gasteiger partial charge in [-0.2, -0.15) is 0 Å². The third-order valence-corrected chi connectivity index (χ3v) is 7.50. The first-order chi connectivity index (χ1) is 17.7. The number of benzene rings is 3. The minimum Gasteiger partial charge on any atom is -0.508 e. The van der Waals surface area contributed by atoms with E-state index in [-0.39, 0.29) is 5.78 Å². The molecule has 0 aromatic heterocycles. The molecule has 3 aromatic carbocycles. The first kappa shape index (κ1) is 22.6. The van der Waals surface area contributed by atoms with Gasteiger partial charge in [0, 0.05) is 24.4 Å². The lowest BCUT2D eigenvalue weighted by Gasteiger charge is -2.31. The minimum atomic E-state index is 0.0899. The number of carbonyl (C=O) groups is 1. The van der Waals surface area contributed by atoms with Gasteiger partial charge in [0.25, 0.3) is 0 Å². The molecule has 0 saturated heterocycles. The van der Waals surface area contributed by atoms with E-state index in [1.807, 2.05) is 24.3 Å². The van der Waals surface area contributed by atoms with Gasteiger partial charge in [0.1, 0.15) is 5.75 Å². The molecule has 1 heterocycles. The Balaban J connectivity index is 1.34. The summed E-state index contributed by atoms with van der Waals surface area (Å²) >= 11 is 0. The molecule has 4 heteroatoms. The number of phenols is 1. The molecule has 1 aliphatic heterocycles. The smallest absolute Gasteiger partial charge is 0.174 e. The van der Waals surface area contributed by atoms with Crippen molar-refractivity contribution in [2.75, 3.05) is 13.1 Å². The lowest BCUT2D eigenvalue weighted by Crippen LogP contribution is -2.28. The highest BCUT2D eigenvalue weighted by molar-refractivity contribution is 5.94. The fourth-order valence-electron chi connectivity index (χ4n) is 5.74. The molecule has 0 saturated carbocycles. The minimum absolute atomic E-state index is 0.0899. The zero-order valence-corrected chi connectivity index (χ0v) is 20.3. The van der Waals surface area contributed by atoms with Crippen molar-refractivity contribution in [3.63, 3.8) is 0 Å². The summed E-state index contributed by atoms with van der Waals surface area (Å²) in [6.07, 6.45) is 11.0. The molecule has 1 atom stereocenters. The summed E-state index contributed by atoms with van der Waals surface area (Å²) in [5.74, 6) is 0.712. The summed E-state index contributed by atoms with van der Waals surface area (Å²) in [6, 6.07) is 20.7. The molecule has 180 valence electrons. The van der Waals surface area contributed by atoms with Crippen LogP contribution in [0.5, 0.6) is 5.75 Å². The van der Waals surface area contributed by atoms with Crippen molar-refractivity contribution in [1.82, 2.24) is 10.6 Å². The maximum absolute atomic E-state index is 12.0. The lowest BCUT2D eigenvalue weighted by molar-refractivity contribution is -0.113. The fraction of sp³-hybridized carbons (Fsp3) is 0.219. The van der Waals surface area contributed by atoms with Crippen LogP contribution in [0.4, 0.5) is 0 Å². The molecule has 1 unspecified atom stereocenters. The number of hydrogen-bond acceptors (Lipinski definition) is 4. The summed E-state index contributed by atoms with van der Waals surface area (Å²) in [5, 5.41) is 16.6. The van der Waals surface area contributed by atoms with Gasteiger partial charge in [-0.15, -0.1) is 0 Å². The molecule has 0 radical (unpaired) electrons. The molecule has 0 fully saturated rings. The molecule has 0 spiro atoms. The average molecular weight is 475 g/mol. The zero-order chi connectivity index (χ0) is 24.5. The fourth-order valence-corrected chi connectivity index (χ4v) is 5.74. The predicted octanol–water partition coefficient (Wildman–Crippen LogP) is 5.12. The molecule has 36 heavy (non-hydrogen) atoms. The number of carbonyl (C=O) groups excluding carboxylic acids is 1. The maximum Gasteiger partial charge on any atom is 0.174 e. The molecule has 0 bridgehead atoms. The van der Waals surface area contributed by atoms with E-state index in [1.54, 1.807) is 18.2 Å². The molecule has 4 nitrogen and oxygen atoms in total. The normalized spacial score (nSPS) is 18.2. The van der Waals surface area contributed by atoms with Gasteiger partial charge in [-0.05, 0) is 88.4 Å². The van der Waals surface area contributed by atoms with E-state index in [2.05, 4.69) is 53.1 Å². The molecular weight excluding hydrogens is 444 g/mol. The Bertz CT molecular complexity index is 1410. The molecule has 3 aromatic rings. The van der Waals surface area contributed by atoms with Crippen LogP contribution < -0.4 is 10.6 Å². The van der Waals surface area contributed by atoms with Crippen LogP contribution >= 0.6 is 0 Å². The van der Waals surface area contributed by atoms with Gasteiger partial charge in [0.15, 0.2) is 5.78 Å². The number of phenolic OH excluding ortho intramolecular Hbond substituents is 1. The maximum atomic E-state index is 12.0. The SMILES string of the molecule is O=C1C=CC=C(C2=CC(CNCc3ccc(O)cc3)Cc3c2ccc2c3CCc3ccccc3-2)NC1. The Hall–Kier alpha value is -3.89. The van der Waals surface area contributed by atoms with Crippen molar-refractivity contribution in [3.8, 4) is 16.9 Å². The van der Waals surface area contributed by atoms with Crippen molar-refractivity contribution in [1.29, 1.82) is 0 Å². The van der Waals surface area contributed by atoms with Crippen molar-refractivity contribution in [2.24, 2.45) is 5.92 Å². The van der Waals surface area contributed by atoms with E-state index in [0.717, 1.165) is 43.6 Å². The summed E-state index contributed by atoms with van der Waals surface area (Å²) in [6.45, 7) is 1.93. The largest absolute Gasteiger partial charge is 0.508 e. The Labute approximate surface area is 212 Å². The average Bonchev–Trinajstić information content (AvgIpc) is 3.13. The monoisotopic (exact) mass is 474 g/mol. The van der Waals surface area contributed by atoms with Crippen LogP contribution in [0.25, 0.3) is 16.7 Å². The first-order valence-electron chi connectivity index (χ1n) is 12.7. The number of rotatable bonds is 5. The topological polar surface area (TPSA) is 61.4 Å². The van der Waals surface area contributed by atoms with Crippen LogP contribution in [0.15, 0.2) is 90.7 Å². The van der Waals surface area contributed by atoms with E-state index in [1.165, 1.54) is 39.0 Å². The van der Waals surface area contributed by atoms with E-state index >= 15 is 0 Å². The van der Waals surface area contributed by atoms with Gasteiger partial charge in [-0.3, -0.25) is 4.79 Å². The van der Waals surface area contributed by atoms with Crippen molar-refractivity contribution in [3.05, 3.63) is 118 Å². The molecule has 2 aliphatic carbocycles. The van der Waals surface area contributed by atoms with Gasteiger partial charge in [-0.1, -0.05) is 60.7 Å². The number of nitrogens with one attached hydrogen (secondary N) is 2. The molecule has 0 amide bonds. The van der Waals surface area contributed by atoms with E-state index in [0.29, 0.717) is 18.2 Å². The Kier molecular flexibility index (Phi) is 6.04. The van der Waals surface area contributed by atoms with Gasteiger partial charge in [0.05, 0.1) is 6.54 Å². The second kappa shape index (κ2) is 9.63. The molecule has 3 aliphatic rings. The van der Waals surface area contributed by atoms with E-state index in [9.17, 15) is 9.90 Å². The molecule has 3 N–H and O–H groups in total. The van der Waals surface area contributed by atoms with Crippen LogP contribution in [-0.4, -0.2) is 24.0 Å². The van der Waals surface area contributed by atoms with Crippen LogP contribution in [0, 0.1) is 5.92 Å². The number of hydrogen-bond donors (Lipinski definition) is 3. The quantitative estimate of drug-likeness (QED) is 0.481. The summed E-state index contributed by atoms with van der Waals surface area (Å²) in [5.41, 5.74) is 11.7. The second-order valence-electron chi connectivity index (χ2n) is 9.88. The number of fused-ring (bicyclic) bond motifs is 5. The number of allylic oxidation sites excluding steroid dienone is 3. The highest BCUT2D eigenvalue weighted by Crippen LogP contribution is 2.42. The summed E-state index contributed by atoms with van der Waals surface area (Å²) in [4.78, 5) is 12.0. The van der Waals surface area contributed by atoms with E-state index < -0.39 is 0 Å². The Morgan fingerprint density at radius 1 is 0.917 bits per heavy atom. The Morgan fingerprint density at radius 2 is 1.75 bits per heavy atom. The van der Waals surface area contributed by atoms with Crippen molar-refractivity contribution < 1.29 is 9.90 Å². The van der Waals surface area contributed by atoms with Gasteiger partial charge in [0.2, 0.25) is 0 Å². The van der Waals surface area contributed by atoms with Gasteiger partial charge < -0.3 is 15.7 Å². The van der Waals surface area contributed by atoms with Crippen LogP contribution in [-0.2, 0) is 30.6 Å². The number of aromatic hydroxyl groups is 1. The zero-order valence-electron chi connectivity index (χ0n) is 20.3. The van der Waals surface area contributed by atoms with Crippen molar-refractivity contribution >= 4 is 11.4 Å². The highest BCUT2D eigenvalue weighted by atomic mass is 16.3. The van der Waals surface area contributed by atoms with Crippen LogP contribution in [0.2, 0.25) is 0 Å². The van der Waals surface area contributed by atoms with Gasteiger partial charge >= 0.3 is 0 Å². The highest BCUT2D eigenvalue weighted by Gasteiger charge is 2.28. The first-order valence-corrected chi connectivity index (χ1v) is 12.7. The third kappa shape index (κ3) is 4.40.